The van der Waals surface area contributed by atoms with Crippen molar-refractivity contribution in [3.63, 3.8) is 0 Å². The third-order valence-electron chi connectivity index (χ3n) is 5.01. The van der Waals surface area contributed by atoms with Crippen molar-refractivity contribution < 1.29 is 28.2 Å². The number of hydrazine groups is 1. The molecule has 0 aliphatic carbocycles. The van der Waals surface area contributed by atoms with E-state index >= 15 is 0 Å². The van der Waals surface area contributed by atoms with Crippen LogP contribution in [0.4, 0.5) is 8.78 Å². The van der Waals surface area contributed by atoms with Crippen molar-refractivity contribution in [3.05, 3.63) is 58.1 Å². The van der Waals surface area contributed by atoms with Gasteiger partial charge in [0.15, 0.2) is 6.61 Å². The molecule has 180 valence electrons. The van der Waals surface area contributed by atoms with Gasteiger partial charge < -0.3 is 19.9 Å². The number of halogens is 4. The van der Waals surface area contributed by atoms with Gasteiger partial charge in [0, 0.05) is 37.8 Å². The van der Waals surface area contributed by atoms with Crippen molar-refractivity contribution in [2.75, 3.05) is 32.8 Å². The Hall–Kier alpha value is -2.17. The number of carbonyl (C=O) groups is 1. The van der Waals surface area contributed by atoms with Crippen LogP contribution in [0, 0.1) is 11.6 Å². The summed E-state index contributed by atoms with van der Waals surface area (Å²) in [6.45, 7) is 1.33. The van der Waals surface area contributed by atoms with Gasteiger partial charge in [-0.15, -0.1) is 0 Å². The molecule has 1 amide bonds. The highest BCUT2D eigenvalue weighted by atomic mass is 35.5. The number of hydrogen-bond acceptors (Lipinski definition) is 6. The van der Waals surface area contributed by atoms with Crippen molar-refractivity contribution in [1.29, 1.82) is 0 Å². The summed E-state index contributed by atoms with van der Waals surface area (Å²) >= 11 is 11.2. The third kappa shape index (κ3) is 8.28. The van der Waals surface area contributed by atoms with E-state index in [-0.39, 0.29) is 41.0 Å². The Labute approximate surface area is 200 Å². The summed E-state index contributed by atoms with van der Waals surface area (Å²) in [6.07, 6.45) is 0.760. The first-order valence-electron chi connectivity index (χ1n) is 10.4. The zero-order valence-electron chi connectivity index (χ0n) is 17.7. The summed E-state index contributed by atoms with van der Waals surface area (Å²) < 4.78 is 37.5. The van der Waals surface area contributed by atoms with Gasteiger partial charge in [0.05, 0.1) is 10.0 Å². The topological polar surface area (TPSA) is 83.1 Å². The van der Waals surface area contributed by atoms with E-state index in [1.165, 1.54) is 30.3 Å². The number of benzene rings is 2. The number of piperidine rings is 1. The molecule has 1 saturated heterocycles. The number of ether oxygens (including phenoxy) is 2. The first-order valence-corrected chi connectivity index (χ1v) is 11.2. The van der Waals surface area contributed by atoms with E-state index in [4.69, 9.17) is 32.7 Å². The molecule has 2 aromatic rings. The Morgan fingerprint density at radius 1 is 1.06 bits per heavy atom. The van der Waals surface area contributed by atoms with E-state index in [1.807, 2.05) is 0 Å². The van der Waals surface area contributed by atoms with E-state index in [0.29, 0.717) is 25.4 Å². The van der Waals surface area contributed by atoms with Crippen LogP contribution in [-0.2, 0) is 4.79 Å². The summed E-state index contributed by atoms with van der Waals surface area (Å²) in [5.74, 6) is -1.02. The minimum atomic E-state index is -0.767. The zero-order chi connectivity index (χ0) is 23.8. The quantitative estimate of drug-likeness (QED) is 0.461. The molecule has 0 radical (unpaired) electrons. The highest BCUT2D eigenvalue weighted by molar-refractivity contribution is 6.31. The lowest BCUT2D eigenvalue weighted by Gasteiger charge is -2.32. The molecule has 33 heavy (non-hydrogen) atoms. The van der Waals surface area contributed by atoms with Crippen molar-refractivity contribution in [3.8, 4) is 11.5 Å². The first kappa shape index (κ1) is 25.5. The van der Waals surface area contributed by atoms with Gasteiger partial charge in [-0.05, 0) is 37.1 Å². The minimum Gasteiger partial charge on any atom is -0.491 e. The molecular formula is C22H25Cl2F2N3O4. The van der Waals surface area contributed by atoms with Crippen LogP contribution in [0.3, 0.4) is 0 Å². The molecule has 2 aromatic carbocycles. The predicted molar refractivity (Wildman–Crippen MR) is 121 cm³/mol. The van der Waals surface area contributed by atoms with Crippen LogP contribution in [-0.4, -0.2) is 61.0 Å². The fourth-order valence-corrected chi connectivity index (χ4v) is 3.48. The van der Waals surface area contributed by atoms with E-state index in [9.17, 15) is 18.7 Å². The van der Waals surface area contributed by atoms with Gasteiger partial charge in [-0.3, -0.25) is 10.2 Å². The number of nitrogens with one attached hydrogen (secondary N) is 2. The smallest absolute Gasteiger partial charge is 0.272 e. The van der Waals surface area contributed by atoms with Crippen LogP contribution in [0.1, 0.15) is 12.8 Å². The molecule has 11 heteroatoms. The Kier molecular flexibility index (Phi) is 9.52. The van der Waals surface area contributed by atoms with Crippen LogP contribution in [0.5, 0.6) is 11.5 Å². The fourth-order valence-electron chi connectivity index (χ4n) is 3.24. The SMILES string of the molecule is O=C(COc1ccc(Cl)c(F)c1)NN1CCC(NCC(O)COc2ccc(Cl)c(F)c2)CC1. The second-order valence-electron chi connectivity index (χ2n) is 7.61. The van der Waals surface area contributed by atoms with Crippen LogP contribution in [0.15, 0.2) is 36.4 Å². The summed E-state index contributed by atoms with van der Waals surface area (Å²) in [7, 11) is 0. The minimum absolute atomic E-state index is 0.0107. The third-order valence-corrected chi connectivity index (χ3v) is 5.63. The standard InChI is InChI=1S/C22H25Cl2F2N3O4/c23-18-3-1-16(9-20(18)25)32-12-15(30)11-27-14-5-7-29(8-6-14)28-22(31)13-33-17-2-4-19(24)21(26)10-17/h1-4,9-10,14-15,27,30H,5-8,11-13H2,(H,28,31). The molecule has 1 aliphatic heterocycles. The molecule has 1 unspecified atom stereocenters. The van der Waals surface area contributed by atoms with E-state index in [2.05, 4.69) is 10.7 Å². The zero-order valence-corrected chi connectivity index (χ0v) is 19.2. The average Bonchev–Trinajstić information content (AvgIpc) is 2.80. The molecule has 1 heterocycles. The van der Waals surface area contributed by atoms with Gasteiger partial charge in [0.25, 0.3) is 5.91 Å². The van der Waals surface area contributed by atoms with Gasteiger partial charge in [-0.1, -0.05) is 23.2 Å². The van der Waals surface area contributed by atoms with Gasteiger partial charge in [0.2, 0.25) is 0 Å². The number of amides is 1. The monoisotopic (exact) mass is 503 g/mol. The molecular weight excluding hydrogens is 479 g/mol. The molecule has 0 bridgehead atoms. The van der Waals surface area contributed by atoms with Gasteiger partial charge in [0.1, 0.15) is 35.8 Å². The summed E-state index contributed by atoms with van der Waals surface area (Å²) in [5.41, 5.74) is 2.76. The van der Waals surface area contributed by atoms with Crippen molar-refractivity contribution in [2.45, 2.75) is 25.0 Å². The van der Waals surface area contributed by atoms with Crippen LogP contribution >= 0.6 is 23.2 Å². The molecule has 0 saturated carbocycles. The number of aliphatic hydroxyl groups excluding tert-OH is 1. The first-order chi connectivity index (χ1) is 15.8. The number of aliphatic hydroxyl groups is 1. The lowest BCUT2D eigenvalue weighted by Crippen LogP contribution is -2.52. The second kappa shape index (κ2) is 12.3. The van der Waals surface area contributed by atoms with E-state index < -0.39 is 17.7 Å². The fraction of sp³-hybridized carbons (Fsp3) is 0.409. The molecule has 1 fully saturated rings. The largest absolute Gasteiger partial charge is 0.491 e. The molecule has 0 spiro atoms. The average molecular weight is 504 g/mol. The van der Waals surface area contributed by atoms with Crippen LogP contribution in [0.2, 0.25) is 10.0 Å². The van der Waals surface area contributed by atoms with E-state index in [1.54, 1.807) is 5.01 Å². The van der Waals surface area contributed by atoms with Gasteiger partial charge in [-0.25, -0.2) is 13.8 Å². The molecule has 1 atom stereocenters. The van der Waals surface area contributed by atoms with E-state index in [0.717, 1.165) is 18.9 Å². The Morgan fingerprint density at radius 2 is 1.64 bits per heavy atom. The molecule has 7 nitrogen and oxygen atoms in total. The lowest BCUT2D eigenvalue weighted by atomic mass is 10.1. The van der Waals surface area contributed by atoms with Crippen molar-refractivity contribution in [1.82, 2.24) is 15.8 Å². The highest BCUT2D eigenvalue weighted by Gasteiger charge is 2.21. The van der Waals surface area contributed by atoms with Crippen LogP contribution < -0.4 is 20.2 Å². The lowest BCUT2D eigenvalue weighted by molar-refractivity contribution is -0.128. The summed E-state index contributed by atoms with van der Waals surface area (Å²) in [4.78, 5) is 12.1. The van der Waals surface area contributed by atoms with Gasteiger partial charge >= 0.3 is 0 Å². The maximum atomic E-state index is 13.4. The second-order valence-corrected chi connectivity index (χ2v) is 8.42. The van der Waals surface area contributed by atoms with Crippen LogP contribution in [0.25, 0.3) is 0 Å². The number of rotatable bonds is 10. The van der Waals surface area contributed by atoms with Crippen molar-refractivity contribution in [2.24, 2.45) is 0 Å². The van der Waals surface area contributed by atoms with Crippen molar-refractivity contribution >= 4 is 29.1 Å². The predicted octanol–water partition coefficient (Wildman–Crippen LogP) is 3.18. The summed E-state index contributed by atoms with van der Waals surface area (Å²) in [5, 5.41) is 15.2. The maximum Gasteiger partial charge on any atom is 0.272 e. The Balaban J connectivity index is 1.29. The maximum absolute atomic E-state index is 13.4. The normalized spacial score (nSPS) is 15.8. The highest BCUT2D eigenvalue weighted by Crippen LogP contribution is 2.21. The molecule has 3 rings (SSSR count). The summed E-state index contributed by atoms with van der Waals surface area (Å²) in [6, 6.07) is 8.26. The number of hydrogen-bond donors (Lipinski definition) is 3. The Bertz CT molecular complexity index is 946. The number of nitrogens with zero attached hydrogens (tertiary/aromatic N) is 1. The molecule has 3 N–H and O–H groups in total. The van der Waals surface area contributed by atoms with Gasteiger partial charge in [-0.2, -0.15) is 0 Å². The Morgan fingerprint density at radius 3 is 2.21 bits per heavy atom. The molecule has 1 aliphatic rings. The number of carbonyl (C=O) groups excluding carboxylic acids is 1. The molecule has 0 aromatic heterocycles.